The van der Waals surface area contributed by atoms with Gasteiger partial charge in [-0.2, -0.15) is 5.10 Å². The van der Waals surface area contributed by atoms with E-state index in [4.69, 9.17) is 23.2 Å². The zero-order valence-electron chi connectivity index (χ0n) is 6.24. The van der Waals surface area contributed by atoms with Crippen molar-refractivity contribution < 1.29 is 0 Å². The first-order valence-corrected chi connectivity index (χ1v) is 4.94. The Labute approximate surface area is 88.4 Å². The number of hydrogen-bond donors (Lipinski definition) is 0. The molecule has 2 aromatic rings. The van der Waals surface area contributed by atoms with Crippen LogP contribution in [0.5, 0.6) is 0 Å². The van der Waals surface area contributed by atoms with Crippen molar-refractivity contribution in [2.45, 2.75) is 0 Å². The quantitative estimate of drug-likeness (QED) is 0.758. The molecule has 2 heterocycles. The van der Waals surface area contributed by atoms with Crippen molar-refractivity contribution in [2.75, 3.05) is 0 Å². The minimum atomic E-state index is 0.328. The highest BCUT2D eigenvalue weighted by atomic mass is 35.5. The minimum Gasteiger partial charge on any atom is -0.212 e. The molecular weight excluding hydrogens is 229 g/mol. The van der Waals surface area contributed by atoms with Gasteiger partial charge in [0.05, 0.1) is 15.4 Å². The summed E-state index contributed by atoms with van der Waals surface area (Å²) in [7, 11) is 0. The maximum absolute atomic E-state index is 5.76. The van der Waals surface area contributed by atoms with Gasteiger partial charge in [-0.3, -0.25) is 0 Å². The van der Waals surface area contributed by atoms with Crippen molar-refractivity contribution in [3.8, 4) is 10.7 Å². The first-order valence-electron chi connectivity index (χ1n) is 3.36. The molecule has 2 rings (SSSR count). The van der Waals surface area contributed by atoms with Crippen LogP contribution in [0.4, 0.5) is 0 Å². The van der Waals surface area contributed by atoms with Gasteiger partial charge in [0, 0.05) is 0 Å². The minimum absolute atomic E-state index is 0.328. The lowest BCUT2D eigenvalue weighted by molar-refractivity contribution is 0.984. The molecule has 0 radical (unpaired) electrons. The van der Waals surface area contributed by atoms with Crippen LogP contribution < -0.4 is 0 Å². The van der Waals surface area contributed by atoms with E-state index in [1.807, 2.05) is 6.07 Å². The molecule has 0 atom stereocenters. The van der Waals surface area contributed by atoms with Crippen LogP contribution in [0.3, 0.4) is 0 Å². The van der Waals surface area contributed by atoms with Gasteiger partial charge in [-0.05, 0) is 12.1 Å². The average molecular weight is 232 g/mol. The molecule has 0 unspecified atom stereocenters. The van der Waals surface area contributed by atoms with Gasteiger partial charge in [0.2, 0.25) is 0 Å². The van der Waals surface area contributed by atoms with Crippen LogP contribution in [0.15, 0.2) is 18.3 Å². The van der Waals surface area contributed by atoms with Gasteiger partial charge in [-0.25, -0.2) is 4.98 Å². The predicted molar refractivity (Wildman–Crippen MR) is 53.2 cm³/mol. The molecule has 0 aliphatic carbocycles. The summed E-state index contributed by atoms with van der Waals surface area (Å²) >= 11 is 12.8. The smallest absolute Gasteiger partial charge is 0.193 e. The molecular formula is C7H3Cl2N3S. The van der Waals surface area contributed by atoms with Crippen molar-refractivity contribution in [2.24, 2.45) is 0 Å². The molecule has 0 aromatic carbocycles. The van der Waals surface area contributed by atoms with E-state index >= 15 is 0 Å². The predicted octanol–water partition coefficient (Wildman–Crippen LogP) is 2.91. The van der Waals surface area contributed by atoms with Crippen molar-refractivity contribution in [1.29, 1.82) is 0 Å². The summed E-state index contributed by atoms with van der Waals surface area (Å²) in [6, 6.07) is 3.62. The molecule has 0 fully saturated rings. The molecule has 0 aliphatic rings. The van der Waals surface area contributed by atoms with Gasteiger partial charge in [-0.15, -0.1) is 16.4 Å². The monoisotopic (exact) mass is 231 g/mol. The Hall–Kier alpha value is -0.710. The van der Waals surface area contributed by atoms with Crippen molar-refractivity contribution >= 4 is 34.5 Å². The Kier molecular flexibility index (Phi) is 2.44. The second kappa shape index (κ2) is 3.57. The van der Waals surface area contributed by atoms with E-state index < -0.39 is 0 Å². The van der Waals surface area contributed by atoms with Crippen molar-refractivity contribution in [3.63, 3.8) is 0 Å². The highest BCUT2D eigenvalue weighted by Gasteiger charge is 2.05. The highest BCUT2D eigenvalue weighted by molar-refractivity contribution is 7.19. The van der Waals surface area contributed by atoms with Crippen LogP contribution in [0, 0.1) is 0 Å². The lowest BCUT2D eigenvalue weighted by Crippen LogP contribution is -1.89. The van der Waals surface area contributed by atoms with Gasteiger partial charge >= 0.3 is 0 Å². The average Bonchev–Trinajstić information content (AvgIpc) is 2.52. The first kappa shape index (κ1) is 8.87. The third-order valence-corrected chi connectivity index (χ3v) is 2.73. The molecule has 0 saturated heterocycles. The fraction of sp³-hybridized carbons (Fsp3) is 0. The van der Waals surface area contributed by atoms with Crippen LogP contribution >= 0.6 is 34.5 Å². The SMILES string of the molecule is Clc1cnnc(-c2ccc(Cl)s2)n1. The number of rotatable bonds is 1. The fourth-order valence-corrected chi connectivity index (χ4v) is 1.92. The molecule has 2 aromatic heterocycles. The maximum Gasteiger partial charge on any atom is 0.193 e. The van der Waals surface area contributed by atoms with E-state index in [1.165, 1.54) is 17.5 Å². The molecule has 0 N–H and O–H groups in total. The molecule has 0 spiro atoms. The number of aromatic nitrogens is 3. The van der Waals surface area contributed by atoms with E-state index in [-0.39, 0.29) is 0 Å². The summed E-state index contributed by atoms with van der Waals surface area (Å²) in [5.74, 6) is 0.504. The summed E-state index contributed by atoms with van der Waals surface area (Å²) in [4.78, 5) is 4.86. The molecule has 0 aliphatic heterocycles. The third kappa shape index (κ3) is 1.96. The largest absolute Gasteiger partial charge is 0.212 e. The standard InChI is InChI=1S/C7H3Cl2N3S/c8-5-3-10-12-7(11-5)4-1-2-6(9)13-4/h1-3H. The summed E-state index contributed by atoms with van der Waals surface area (Å²) in [5, 5.41) is 7.85. The van der Waals surface area contributed by atoms with Crippen LogP contribution in [0.25, 0.3) is 10.7 Å². The van der Waals surface area contributed by atoms with E-state index in [2.05, 4.69) is 15.2 Å². The third-order valence-electron chi connectivity index (χ3n) is 1.32. The van der Waals surface area contributed by atoms with Gasteiger partial charge < -0.3 is 0 Å². The van der Waals surface area contributed by atoms with Crippen LogP contribution in [0.2, 0.25) is 9.49 Å². The molecule has 66 valence electrons. The van der Waals surface area contributed by atoms with Gasteiger partial charge in [0.15, 0.2) is 11.0 Å². The Bertz CT molecular complexity index is 429. The van der Waals surface area contributed by atoms with Crippen LogP contribution in [-0.4, -0.2) is 15.2 Å². The van der Waals surface area contributed by atoms with Crippen LogP contribution in [0.1, 0.15) is 0 Å². The Morgan fingerprint density at radius 1 is 1.23 bits per heavy atom. The zero-order valence-corrected chi connectivity index (χ0v) is 8.57. The highest BCUT2D eigenvalue weighted by Crippen LogP contribution is 2.28. The Morgan fingerprint density at radius 2 is 2.08 bits per heavy atom. The molecule has 6 heteroatoms. The Balaban J connectivity index is 2.46. The van der Waals surface area contributed by atoms with E-state index in [0.29, 0.717) is 15.3 Å². The lowest BCUT2D eigenvalue weighted by Gasteiger charge is -1.92. The summed E-state index contributed by atoms with van der Waals surface area (Å²) < 4.78 is 0.693. The summed E-state index contributed by atoms with van der Waals surface area (Å²) in [5.41, 5.74) is 0. The summed E-state index contributed by atoms with van der Waals surface area (Å²) in [6.07, 6.45) is 1.39. The first-order chi connectivity index (χ1) is 6.25. The van der Waals surface area contributed by atoms with Gasteiger partial charge in [0.1, 0.15) is 0 Å². The zero-order chi connectivity index (χ0) is 9.26. The number of hydrogen-bond acceptors (Lipinski definition) is 4. The maximum atomic E-state index is 5.76. The number of thiophene rings is 1. The van der Waals surface area contributed by atoms with Crippen molar-refractivity contribution in [3.05, 3.63) is 27.8 Å². The number of halogens is 2. The van der Waals surface area contributed by atoms with E-state index in [1.54, 1.807) is 6.07 Å². The lowest BCUT2D eigenvalue weighted by atomic mass is 10.4. The second-order valence-electron chi connectivity index (χ2n) is 2.21. The topological polar surface area (TPSA) is 38.7 Å². The number of nitrogens with zero attached hydrogens (tertiary/aromatic N) is 3. The van der Waals surface area contributed by atoms with E-state index in [0.717, 1.165) is 4.88 Å². The van der Waals surface area contributed by atoms with E-state index in [9.17, 15) is 0 Å². The normalized spacial score (nSPS) is 10.3. The van der Waals surface area contributed by atoms with Crippen LogP contribution in [-0.2, 0) is 0 Å². The second-order valence-corrected chi connectivity index (χ2v) is 4.31. The molecule has 0 bridgehead atoms. The van der Waals surface area contributed by atoms with Crippen molar-refractivity contribution in [1.82, 2.24) is 15.2 Å². The van der Waals surface area contributed by atoms with Gasteiger partial charge in [0.25, 0.3) is 0 Å². The molecule has 0 amide bonds. The van der Waals surface area contributed by atoms with Gasteiger partial charge in [-0.1, -0.05) is 23.2 Å². The fourth-order valence-electron chi connectivity index (χ4n) is 0.822. The molecule has 13 heavy (non-hydrogen) atoms. The Morgan fingerprint density at radius 3 is 2.69 bits per heavy atom. The molecule has 0 saturated carbocycles. The molecule has 3 nitrogen and oxygen atoms in total. The summed E-state index contributed by atoms with van der Waals surface area (Å²) in [6.45, 7) is 0.